The molecule has 4 aromatic rings. The summed E-state index contributed by atoms with van der Waals surface area (Å²) in [4.78, 5) is 18.6. The summed E-state index contributed by atoms with van der Waals surface area (Å²) in [7, 11) is 0. The monoisotopic (exact) mass is 446 g/mol. The number of ether oxygens (including phenoxy) is 1. The Kier molecular flexibility index (Phi) is 5.70. The van der Waals surface area contributed by atoms with Crippen molar-refractivity contribution in [1.82, 2.24) is 15.5 Å². The fourth-order valence-electron chi connectivity index (χ4n) is 3.87. The van der Waals surface area contributed by atoms with Gasteiger partial charge in [-0.15, -0.1) is 11.3 Å². The highest BCUT2D eigenvalue weighted by Gasteiger charge is 2.27. The number of carbonyl (C=O) groups is 1. The van der Waals surface area contributed by atoms with E-state index in [-0.39, 0.29) is 12.1 Å². The van der Waals surface area contributed by atoms with Crippen LogP contribution >= 0.6 is 11.3 Å². The summed E-state index contributed by atoms with van der Waals surface area (Å²) in [6.07, 6.45) is 0.739. The second-order valence-corrected chi connectivity index (χ2v) is 8.62. The Morgan fingerprint density at radius 1 is 1.06 bits per heavy atom. The van der Waals surface area contributed by atoms with Gasteiger partial charge in [0, 0.05) is 4.88 Å². The van der Waals surface area contributed by atoms with Crippen molar-refractivity contribution < 1.29 is 14.1 Å². The number of urea groups is 1. The van der Waals surface area contributed by atoms with E-state index in [1.807, 2.05) is 60.7 Å². The van der Waals surface area contributed by atoms with E-state index in [0.29, 0.717) is 29.9 Å². The van der Waals surface area contributed by atoms with Crippen LogP contribution in [0, 0.1) is 6.92 Å². The number of amides is 2. The zero-order valence-electron chi connectivity index (χ0n) is 17.5. The van der Waals surface area contributed by atoms with E-state index in [4.69, 9.17) is 9.26 Å². The average molecular weight is 447 g/mol. The van der Waals surface area contributed by atoms with Crippen LogP contribution in [0.15, 0.2) is 65.2 Å². The Balaban J connectivity index is 1.45. The highest BCUT2D eigenvalue weighted by atomic mass is 32.1. The normalized spacial score (nSPS) is 13.1. The summed E-state index contributed by atoms with van der Waals surface area (Å²) in [5, 5.41) is 10.8. The Hall–Kier alpha value is -3.49. The second kappa shape index (κ2) is 8.94. The topological polar surface area (TPSA) is 89.3 Å². The molecule has 0 spiro atoms. The van der Waals surface area contributed by atoms with E-state index in [2.05, 4.69) is 20.8 Å². The molecule has 0 saturated heterocycles. The molecule has 5 rings (SSSR count). The third-order valence-corrected chi connectivity index (χ3v) is 6.45. The quantitative estimate of drug-likeness (QED) is 0.446. The molecule has 2 N–H and O–H groups in total. The standard InChI is InChI=1S/C24H22N4O3S/c1-15-25-22(31-28-15)20-18-12-13-30-14-19(18)32-23(20)27-24(29)26-21(16-8-4-2-5-9-16)17-10-6-3-7-11-17/h2-11,21H,12-14H2,1H3,(H2,26,27,29). The maximum atomic E-state index is 13.2. The number of hydrogen-bond donors (Lipinski definition) is 2. The first-order valence-electron chi connectivity index (χ1n) is 10.4. The van der Waals surface area contributed by atoms with Crippen molar-refractivity contribution in [1.29, 1.82) is 0 Å². The van der Waals surface area contributed by atoms with Gasteiger partial charge in [-0.1, -0.05) is 65.8 Å². The molecule has 0 saturated carbocycles. The van der Waals surface area contributed by atoms with Crippen molar-refractivity contribution >= 4 is 22.4 Å². The van der Waals surface area contributed by atoms with Crippen LogP contribution < -0.4 is 10.6 Å². The molecule has 162 valence electrons. The van der Waals surface area contributed by atoms with Crippen LogP contribution in [0.5, 0.6) is 0 Å². The maximum absolute atomic E-state index is 13.2. The number of benzene rings is 2. The van der Waals surface area contributed by atoms with Crippen LogP contribution in [0.1, 0.15) is 33.4 Å². The fourth-order valence-corrected chi connectivity index (χ4v) is 5.04. The average Bonchev–Trinajstić information content (AvgIpc) is 3.41. The molecule has 1 aliphatic rings. The second-order valence-electron chi connectivity index (χ2n) is 7.51. The number of aromatic nitrogens is 2. The fraction of sp³-hybridized carbons (Fsp3) is 0.208. The first-order chi connectivity index (χ1) is 15.7. The third kappa shape index (κ3) is 4.15. The molecule has 0 atom stereocenters. The Bertz CT molecular complexity index is 1180. The Morgan fingerprint density at radius 3 is 2.38 bits per heavy atom. The van der Waals surface area contributed by atoms with Crippen molar-refractivity contribution in [3.05, 3.63) is 88.1 Å². The van der Waals surface area contributed by atoms with Gasteiger partial charge in [-0.05, 0) is 30.0 Å². The van der Waals surface area contributed by atoms with Crippen LogP contribution in [-0.2, 0) is 17.8 Å². The van der Waals surface area contributed by atoms with Gasteiger partial charge in [0.25, 0.3) is 5.89 Å². The number of nitrogens with one attached hydrogen (secondary N) is 2. The minimum absolute atomic E-state index is 0.288. The number of fused-ring (bicyclic) bond motifs is 1. The molecule has 8 heteroatoms. The third-order valence-electron chi connectivity index (χ3n) is 5.33. The summed E-state index contributed by atoms with van der Waals surface area (Å²) in [5.41, 5.74) is 3.89. The molecule has 0 unspecified atom stereocenters. The van der Waals surface area contributed by atoms with E-state index < -0.39 is 0 Å². The van der Waals surface area contributed by atoms with Crippen molar-refractivity contribution in [2.45, 2.75) is 26.0 Å². The number of rotatable bonds is 5. The van der Waals surface area contributed by atoms with E-state index in [1.165, 1.54) is 11.3 Å². The lowest BCUT2D eigenvalue weighted by molar-refractivity contribution is 0.113. The minimum Gasteiger partial charge on any atom is -0.376 e. The molecule has 0 radical (unpaired) electrons. The minimum atomic E-state index is -0.306. The van der Waals surface area contributed by atoms with Crippen LogP contribution in [0.25, 0.3) is 11.5 Å². The molecule has 2 aromatic heterocycles. The SMILES string of the molecule is Cc1noc(-c2c(NC(=O)NC(c3ccccc3)c3ccccc3)sc3c2CCOC3)n1. The molecule has 0 bridgehead atoms. The number of nitrogens with zero attached hydrogens (tertiary/aromatic N) is 2. The van der Waals surface area contributed by atoms with Crippen molar-refractivity contribution in [2.75, 3.05) is 11.9 Å². The van der Waals surface area contributed by atoms with Crippen molar-refractivity contribution in [3.8, 4) is 11.5 Å². The zero-order valence-corrected chi connectivity index (χ0v) is 18.3. The van der Waals surface area contributed by atoms with Gasteiger partial charge in [-0.25, -0.2) is 4.79 Å². The number of hydrogen-bond acceptors (Lipinski definition) is 6. The van der Waals surface area contributed by atoms with Gasteiger partial charge in [0.1, 0.15) is 5.00 Å². The summed E-state index contributed by atoms with van der Waals surface area (Å²) in [6, 6.07) is 19.2. The molecule has 32 heavy (non-hydrogen) atoms. The number of anilines is 1. The summed E-state index contributed by atoms with van der Waals surface area (Å²) >= 11 is 1.49. The maximum Gasteiger partial charge on any atom is 0.320 e. The molecular weight excluding hydrogens is 424 g/mol. The van der Waals surface area contributed by atoms with Gasteiger partial charge in [-0.3, -0.25) is 5.32 Å². The summed E-state index contributed by atoms with van der Waals surface area (Å²) in [6.45, 7) is 2.92. The predicted molar refractivity (Wildman–Crippen MR) is 123 cm³/mol. The highest BCUT2D eigenvalue weighted by molar-refractivity contribution is 7.17. The van der Waals surface area contributed by atoms with Crippen LogP contribution in [0.2, 0.25) is 0 Å². The lowest BCUT2D eigenvalue weighted by Gasteiger charge is -2.20. The summed E-state index contributed by atoms with van der Waals surface area (Å²) < 4.78 is 11.1. The molecule has 2 amide bonds. The van der Waals surface area contributed by atoms with Gasteiger partial charge < -0.3 is 14.6 Å². The molecule has 7 nitrogen and oxygen atoms in total. The molecule has 0 aliphatic carbocycles. The van der Waals surface area contributed by atoms with Crippen molar-refractivity contribution in [2.24, 2.45) is 0 Å². The molecule has 2 aromatic carbocycles. The van der Waals surface area contributed by atoms with Gasteiger partial charge in [-0.2, -0.15) is 4.98 Å². The van der Waals surface area contributed by atoms with E-state index in [0.717, 1.165) is 33.6 Å². The predicted octanol–water partition coefficient (Wildman–Crippen LogP) is 5.09. The molecule has 0 fully saturated rings. The first-order valence-corrected chi connectivity index (χ1v) is 11.2. The Labute approximate surface area is 189 Å². The lowest BCUT2D eigenvalue weighted by Crippen LogP contribution is -2.33. The number of aryl methyl sites for hydroxylation is 1. The van der Waals surface area contributed by atoms with Gasteiger partial charge in [0.2, 0.25) is 0 Å². The Morgan fingerprint density at radius 2 is 1.75 bits per heavy atom. The molecular formula is C24H22N4O3S. The summed E-state index contributed by atoms with van der Waals surface area (Å²) in [5.74, 6) is 0.968. The number of thiophene rings is 1. The van der Waals surface area contributed by atoms with Gasteiger partial charge in [0.15, 0.2) is 5.82 Å². The largest absolute Gasteiger partial charge is 0.376 e. The van der Waals surface area contributed by atoms with Gasteiger partial charge in [0.05, 0.1) is 24.8 Å². The number of carbonyl (C=O) groups excluding carboxylic acids is 1. The molecule has 3 heterocycles. The van der Waals surface area contributed by atoms with E-state index in [9.17, 15) is 4.79 Å². The smallest absolute Gasteiger partial charge is 0.320 e. The van der Waals surface area contributed by atoms with E-state index in [1.54, 1.807) is 6.92 Å². The van der Waals surface area contributed by atoms with E-state index >= 15 is 0 Å². The highest BCUT2D eigenvalue weighted by Crippen LogP contribution is 2.42. The first kappa shape index (κ1) is 20.4. The van der Waals surface area contributed by atoms with Gasteiger partial charge >= 0.3 is 6.03 Å². The zero-order chi connectivity index (χ0) is 21.9. The van der Waals surface area contributed by atoms with Crippen molar-refractivity contribution in [3.63, 3.8) is 0 Å². The lowest BCUT2D eigenvalue weighted by atomic mass is 9.99. The van der Waals surface area contributed by atoms with Crippen LogP contribution in [0.4, 0.5) is 9.80 Å². The van der Waals surface area contributed by atoms with Crippen LogP contribution in [-0.4, -0.2) is 22.8 Å². The van der Waals surface area contributed by atoms with Crippen LogP contribution in [0.3, 0.4) is 0 Å². The molecule has 1 aliphatic heterocycles.